The first-order chi connectivity index (χ1) is 11.9. The predicted octanol–water partition coefficient (Wildman–Crippen LogP) is 2.98. The number of carbonyl (C=O) groups excluding carboxylic acids is 2. The third-order valence-corrected chi connectivity index (χ3v) is 4.77. The monoisotopic (exact) mass is 366 g/mol. The highest BCUT2D eigenvalue weighted by Gasteiger charge is 2.30. The standard InChI is InChI=1S/C19H27ClN2O3/c1-4-22(11-14-9-10-25-12-14)19(24)17(13(2)3)21-18(23)15-5-7-16(20)8-6-15/h5-8,13-14,17H,4,9-12H2,1-3H3,(H,21,23)/t14-,17+/m1/s1. The summed E-state index contributed by atoms with van der Waals surface area (Å²) in [4.78, 5) is 27.3. The van der Waals surface area contributed by atoms with Gasteiger partial charge in [0.05, 0.1) is 6.61 Å². The number of likely N-dealkylation sites (N-methyl/N-ethyl adjacent to an activating group) is 1. The van der Waals surface area contributed by atoms with Gasteiger partial charge in [-0.1, -0.05) is 25.4 Å². The van der Waals surface area contributed by atoms with Crippen molar-refractivity contribution in [3.63, 3.8) is 0 Å². The number of hydrogen-bond acceptors (Lipinski definition) is 3. The smallest absolute Gasteiger partial charge is 0.251 e. The lowest BCUT2D eigenvalue weighted by atomic mass is 10.0. The van der Waals surface area contributed by atoms with Crippen LogP contribution in [0.2, 0.25) is 5.02 Å². The molecule has 2 rings (SSSR count). The minimum atomic E-state index is -0.551. The van der Waals surface area contributed by atoms with E-state index in [1.54, 1.807) is 24.3 Å². The number of amides is 2. The van der Waals surface area contributed by atoms with E-state index in [0.29, 0.717) is 36.2 Å². The van der Waals surface area contributed by atoms with Gasteiger partial charge in [-0.05, 0) is 43.5 Å². The van der Waals surface area contributed by atoms with E-state index in [1.165, 1.54) is 0 Å². The number of rotatable bonds is 7. The second-order valence-corrected chi connectivity index (χ2v) is 7.24. The molecule has 5 nitrogen and oxygen atoms in total. The fourth-order valence-corrected chi connectivity index (χ4v) is 3.08. The quantitative estimate of drug-likeness (QED) is 0.807. The van der Waals surface area contributed by atoms with Crippen LogP contribution in [0.5, 0.6) is 0 Å². The molecule has 6 heteroatoms. The number of ether oxygens (including phenoxy) is 1. The summed E-state index contributed by atoms with van der Waals surface area (Å²) in [6.45, 7) is 8.61. The van der Waals surface area contributed by atoms with Crippen molar-refractivity contribution in [3.8, 4) is 0 Å². The van der Waals surface area contributed by atoms with Crippen molar-refractivity contribution in [2.75, 3.05) is 26.3 Å². The highest BCUT2D eigenvalue weighted by Crippen LogP contribution is 2.16. The Morgan fingerprint density at radius 1 is 1.32 bits per heavy atom. The first-order valence-corrected chi connectivity index (χ1v) is 9.23. The molecule has 1 heterocycles. The van der Waals surface area contributed by atoms with E-state index < -0.39 is 6.04 Å². The van der Waals surface area contributed by atoms with Crippen LogP contribution in [0.25, 0.3) is 0 Å². The summed E-state index contributed by atoms with van der Waals surface area (Å²) < 4.78 is 5.40. The fourth-order valence-electron chi connectivity index (χ4n) is 2.95. The first kappa shape index (κ1) is 19.7. The second kappa shape index (κ2) is 9.20. The summed E-state index contributed by atoms with van der Waals surface area (Å²) in [5.74, 6) is 0.0805. The molecule has 1 aromatic rings. The largest absolute Gasteiger partial charge is 0.381 e. The first-order valence-electron chi connectivity index (χ1n) is 8.85. The Kier molecular flexibility index (Phi) is 7.26. The van der Waals surface area contributed by atoms with Gasteiger partial charge in [-0.15, -0.1) is 0 Å². The summed E-state index contributed by atoms with van der Waals surface area (Å²) in [5.41, 5.74) is 0.495. The summed E-state index contributed by atoms with van der Waals surface area (Å²) in [7, 11) is 0. The molecule has 138 valence electrons. The summed E-state index contributed by atoms with van der Waals surface area (Å²) in [6, 6.07) is 6.10. The highest BCUT2D eigenvalue weighted by molar-refractivity contribution is 6.30. The Bertz CT molecular complexity index is 583. The minimum absolute atomic E-state index is 0.00220. The molecular weight excluding hydrogens is 340 g/mol. The number of hydrogen-bond donors (Lipinski definition) is 1. The van der Waals surface area contributed by atoms with Crippen molar-refractivity contribution in [1.29, 1.82) is 0 Å². The van der Waals surface area contributed by atoms with Gasteiger partial charge < -0.3 is 15.0 Å². The Morgan fingerprint density at radius 3 is 2.52 bits per heavy atom. The topological polar surface area (TPSA) is 58.6 Å². The Balaban J connectivity index is 2.05. The van der Waals surface area contributed by atoms with Gasteiger partial charge in [0, 0.05) is 36.2 Å². The SMILES string of the molecule is CCN(C[C@H]1CCOC1)C(=O)[C@@H](NC(=O)c1ccc(Cl)cc1)C(C)C. The van der Waals surface area contributed by atoms with Gasteiger partial charge in [-0.2, -0.15) is 0 Å². The van der Waals surface area contributed by atoms with Crippen molar-refractivity contribution >= 4 is 23.4 Å². The molecule has 2 amide bonds. The molecule has 0 unspecified atom stereocenters. The summed E-state index contributed by atoms with van der Waals surface area (Å²) >= 11 is 5.86. The van der Waals surface area contributed by atoms with Gasteiger partial charge in [0.2, 0.25) is 5.91 Å². The average molecular weight is 367 g/mol. The summed E-state index contributed by atoms with van der Waals surface area (Å²) in [5, 5.41) is 3.46. The molecule has 1 aromatic carbocycles. The van der Waals surface area contributed by atoms with Gasteiger partial charge in [0.25, 0.3) is 5.91 Å². The van der Waals surface area contributed by atoms with E-state index in [4.69, 9.17) is 16.3 Å². The zero-order valence-electron chi connectivity index (χ0n) is 15.1. The maximum Gasteiger partial charge on any atom is 0.251 e. The van der Waals surface area contributed by atoms with Gasteiger partial charge >= 0.3 is 0 Å². The molecule has 0 radical (unpaired) electrons. The van der Waals surface area contributed by atoms with E-state index in [9.17, 15) is 9.59 Å². The van der Waals surface area contributed by atoms with Gasteiger partial charge in [0.15, 0.2) is 0 Å². The van der Waals surface area contributed by atoms with Crippen molar-refractivity contribution in [2.45, 2.75) is 33.2 Å². The molecule has 25 heavy (non-hydrogen) atoms. The maximum absolute atomic E-state index is 13.0. The van der Waals surface area contributed by atoms with Crippen molar-refractivity contribution in [3.05, 3.63) is 34.9 Å². The molecular formula is C19H27ClN2O3. The fraction of sp³-hybridized carbons (Fsp3) is 0.579. The molecule has 0 aliphatic carbocycles. The second-order valence-electron chi connectivity index (χ2n) is 6.81. The Hall–Kier alpha value is -1.59. The van der Waals surface area contributed by atoms with Crippen LogP contribution in [0.15, 0.2) is 24.3 Å². The molecule has 0 spiro atoms. The van der Waals surface area contributed by atoms with Crippen molar-refractivity contribution < 1.29 is 14.3 Å². The molecule has 1 N–H and O–H groups in total. The van der Waals surface area contributed by atoms with Crippen molar-refractivity contribution in [1.82, 2.24) is 10.2 Å². The van der Waals surface area contributed by atoms with Crippen LogP contribution < -0.4 is 5.32 Å². The lowest BCUT2D eigenvalue weighted by Crippen LogP contribution is -2.52. The van der Waals surface area contributed by atoms with Crippen LogP contribution in [-0.4, -0.2) is 49.1 Å². The molecule has 2 atom stereocenters. The minimum Gasteiger partial charge on any atom is -0.381 e. The van der Waals surface area contributed by atoms with Crippen LogP contribution in [0, 0.1) is 11.8 Å². The van der Waals surface area contributed by atoms with Crippen LogP contribution in [0.1, 0.15) is 37.6 Å². The van der Waals surface area contributed by atoms with Gasteiger partial charge in [-0.3, -0.25) is 9.59 Å². The van der Waals surface area contributed by atoms with Gasteiger partial charge in [-0.25, -0.2) is 0 Å². The van der Waals surface area contributed by atoms with Gasteiger partial charge in [0.1, 0.15) is 6.04 Å². The van der Waals surface area contributed by atoms with E-state index in [2.05, 4.69) is 5.32 Å². The van der Waals surface area contributed by atoms with Crippen molar-refractivity contribution in [2.24, 2.45) is 11.8 Å². The number of nitrogens with zero attached hydrogens (tertiary/aromatic N) is 1. The van der Waals surface area contributed by atoms with Crippen LogP contribution in [0.3, 0.4) is 0 Å². The molecule has 1 aliphatic heterocycles. The van der Waals surface area contributed by atoms with E-state index in [0.717, 1.165) is 13.0 Å². The van der Waals surface area contributed by atoms with E-state index in [1.807, 2.05) is 25.7 Å². The van der Waals surface area contributed by atoms with E-state index >= 15 is 0 Å². The number of carbonyl (C=O) groups is 2. The zero-order valence-corrected chi connectivity index (χ0v) is 15.9. The maximum atomic E-state index is 13.0. The highest BCUT2D eigenvalue weighted by atomic mass is 35.5. The number of nitrogens with one attached hydrogen (secondary N) is 1. The number of benzene rings is 1. The lowest BCUT2D eigenvalue weighted by molar-refractivity contribution is -0.134. The molecule has 0 saturated carbocycles. The summed E-state index contributed by atoms with van der Waals surface area (Å²) in [6.07, 6.45) is 0.979. The number of halogens is 1. The Labute approximate surface area is 154 Å². The molecule has 0 bridgehead atoms. The van der Waals surface area contributed by atoms with E-state index in [-0.39, 0.29) is 17.7 Å². The zero-order chi connectivity index (χ0) is 18.4. The molecule has 0 aromatic heterocycles. The third kappa shape index (κ3) is 5.44. The molecule has 1 fully saturated rings. The third-order valence-electron chi connectivity index (χ3n) is 4.52. The molecule has 1 aliphatic rings. The van der Waals surface area contributed by atoms with Crippen LogP contribution in [0.4, 0.5) is 0 Å². The Morgan fingerprint density at radius 2 is 2.00 bits per heavy atom. The van der Waals surface area contributed by atoms with Crippen LogP contribution in [-0.2, 0) is 9.53 Å². The van der Waals surface area contributed by atoms with Crippen LogP contribution >= 0.6 is 11.6 Å². The predicted molar refractivity (Wildman–Crippen MR) is 98.7 cm³/mol. The lowest BCUT2D eigenvalue weighted by Gasteiger charge is -2.30. The molecule has 1 saturated heterocycles. The average Bonchev–Trinajstić information content (AvgIpc) is 3.10. The normalized spacial score (nSPS) is 18.2.